The first kappa shape index (κ1) is 25.7. The van der Waals surface area contributed by atoms with Gasteiger partial charge in [-0.15, -0.1) is 0 Å². The second-order valence-electron chi connectivity index (χ2n) is 9.71. The zero-order valence-electron chi connectivity index (χ0n) is 21.0. The standard InChI is InChI=1S/C31H29N3O3S/c32-22-24-8-6-7-23(19-24)20-30(31(35)34-17-15-27(16-18-34)25-9-2-1-3-10-25)33-38(36,37)29-14-13-26-11-4-5-12-28(26)21-29/h1-14,19,21,27,30,33H,15-18,20H2. The quantitative estimate of drug-likeness (QED) is 0.369. The Hall–Kier alpha value is -3.99. The molecule has 1 N–H and O–H groups in total. The molecule has 0 bridgehead atoms. The van der Waals surface area contributed by atoms with Crippen molar-refractivity contribution in [1.82, 2.24) is 9.62 Å². The summed E-state index contributed by atoms with van der Waals surface area (Å²) in [6.45, 7) is 1.12. The van der Waals surface area contributed by atoms with Crippen LogP contribution in [0.3, 0.4) is 0 Å². The van der Waals surface area contributed by atoms with Crippen LogP contribution >= 0.6 is 0 Å². The minimum absolute atomic E-state index is 0.113. The Morgan fingerprint density at radius 3 is 2.34 bits per heavy atom. The van der Waals surface area contributed by atoms with E-state index in [2.05, 4.69) is 22.9 Å². The molecule has 6 nitrogen and oxygen atoms in total. The monoisotopic (exact) mass is 523 g/mol. The highest BCUT2D eigenvalue weighted by Crippen LogP contribution is 2.28. The van der Waals surface area contributed by atoms with Crippen LogP contribution in [-0.2, 0) is 21.2 Å². The fourth-order valence-corrected chi connectivity index (χ4v) is 6.38. The zero-order chi connectivity index (χ0) is 26.5. The van der Waals surface area contributed by atoms with Crippen LogP contribution in [0.5, 0.6) is 0 Å². The molecule has 1 heterocycles. The number of nitriles is 1. The molecule has 7 heteroatoms. The summed E-state index contributed by atoms with van der Waals surface area (Å²) in [5.74, 6) is 0.128. The van der Waals surface area contributed by atoms with Crippen LogP contribution in [0.25, 0.3) is 10.8 Å². The molecule has 0 radical (unpaired) electrons. The topological polar surface area (TPSA) is 90.3 Å². The molecule has 4 aromatic rings. The maximum absolute atomic E-state index is 13.8. The number of hydrogen-bond acceptors (Lipinski definition) is 4. The summed E-state index contributed by atoms with van der Waals surface area (Å²) in [4.78, 5) is 15.6. The highest BCUT2D eigenvalue weighted by Gasteiger charge is 2.32. The summed E-state index contributed by atoms with van der Waals surface area (Å²) in [7, 11) is -3.99. The molecule has 0 spiro atoms. The van der Waals surface area contributed by atoms with Crippen LogP contribution in [0.1, 0.15) is 35.4 Å². The number of nitrogens with one attached hydrogen (secondary N) is 1. The maximum atomic E-state index is 13.8. The van der Waals surface area contributed by atoms with E-state index in [1.165, 1.54) is 5.56 Å². The minimum atomic E-state index is -3.99. The van der Waals surface area contributed by atoms with E-state index in [1.807, 2.05) is 48.5 Å². The zero-order valence-corrected chi connectivity index (χ0v) is 21.8. The maximum Gasteiger partial charge on any atom is 0.241 e. The van der Waals surface area contributed by atoms with Gasteiger partial charge in [0.1, 0.15) is 6.04 Å². The van der Waals surface area contributed by atoms with E-state index < -0.39 is 16.1 Å². The van der Waals surface area contributed by atoms with Crippen molar-refractivity contribution in [2.75, 3.05) is 13.1 Å². The van der Waals surface area contributed by atoms with E-state index in [1.54, 1.807) is 41.3 Å². The average Bonchev–Trinajstić information content (AvgIpc) is 2.96. The Morgan fingerprint density at radius 2 is 1.61 bits per heavy atom. The van der Waals surface area contributed by atoms with Gasteiger partial charge < -0.3 is 4.90 Å². The summed E-state index contributed by atoms with van der Waals surface area (Å²) in [5, 5.41) is 11.1. The van der Waals surface area contributed by atoms with Gasteiger partial charge in [-0.2, -0.15) is 9.98 Å². The summed E-state index contributed by atoms with van der Waals surface area (Å²) < 4.78 is 29.7. The fourth-order valence-electron chi connectivity index (χ4n) is 5.15. The van der Waals surface area contributed by atoms with Gasteiger partial charge in [0.15, 0.2) is 0 Å². The second kappa shape index (κ2) is 11.2. The molecule has 38 heavy (non-hydrogen) atoms. The summed E-state index contributed by atoms with van der Waals surface area (Å²) in [6.07, 6.45) is 1.80. The third-order valence-electron chi connectivity index (χ3n) is 7.20. The summed E-state index contributed by atoms with van der Waals surface area (Å²) in [6, 6.07) is 30.9. The largest absolute Gasteiger partial charge is 0.341 e. The lowest BCUT2D eigenvalue weighted by Gasteiger charge is -2.34. The van der Waals surface area contributed by atoms with E-state index in [0.717, 1.165) is 29.2 Å². The lowest BCUT2D eigenvalue weighted by Crippen LogP contribution is -2.51. The van der Waals surface area contributed by atoms with Gasteiger partial charge in [-0.3, -0.25) is 4.79 Å². The van der Waals surface area contributed by atoms with Crippen LogP contribution < -0.4 is 4.72 Å². The van der Waals surface area contributed by atoms with Crippen LogP contribution in [0.2, 0.25) is 0 Å². The Balaban J connectivity index is 1.39. The number of nitrogens with zero attached hydrogens (tertiary/aromatic N) is 2. The molecule has 1 unspecified atom stereocenters. The van der Waals surface area contributed by atoms with E-state index in [4.69, 9.17) is 0 Å². The van der Waals surface area contributed by atoms with Crippen molar-refractivity contribution in [1.29, 1.82) is 5.26 Å². The molecular formula is C31H29N3O3S. The molecule has 1 fully saturated rings. The average molecular weight is 524 g/mol. The number of sulfonamides is 1. The number of likely N-dealkylation sites (tertiary alicyclic amines) is 1. The van der Waals surface area contributed by atoms with Crippen molar-refractivity contribution in [3.05, 3.63) is 114 Å². The van der Waals surface area contributed by atoms with Crippen LogP contribution in [0.4, 0.5) is 0 Å². The van der Waals surface area contributed by atoms with Crippen LogP contribution in [0, 0.1) is 11.3 Å². The van der Waals surface area contributed by atoms with Gasteiger partial charge in [-0.05, 0) is 71.3 Å². The lowest BCUT2D eigenvalue weighted by molar-refractivity contribution is -0.134. The predicted molar refractivity (Wildman–Crippen MR) is 148 cm³/mol. The minimum Gasteiger partial charge on any atom is -0.341 e. The highest BCUT2D eigenvalue weighted by atomic mass is 32.2. The van der Waals surface area contributed by atoms with Crippen molar-refractivity contribution < 1.29 is 13.2 Å². The number of fused-ring (bicyclic) bond motifs is 1. The van der Waals surface area contributed by atoms with Gasteiger partial charge in [0.2, 0.25) is 15.9 Å². The molecular weight excluding hydrogens is 494 g/mol. The molecule has 1 aliphatic rings. The Bertz CT molecular complexity index is 1590. The van der Waals surface area contributed by atoms with Gasteiger partial charge in [0, 0.05) is 13.1 Å². The number of piperidine rings is 1. The molecule has 0 aliphatic carbocycles. The smallest absolute Gasteiger partial charge is 0.241 e. The molecule has 4 aromatic carbocycles. The first-order chi connectivity index (χ1) is 18.4. The van der Waals surface area contributed by atoms with Gasteiger partial charge in [-0.25, -0.2) is 8.42 Å². The molecule has 0 aromatic heterocycles. The van der Waals surface area contributed by atoms with Crippen molar-refractivity contribution in [3.8, 4) is 6.07 Å². The van der Waals surface area contributed by atoms with Crippen molar-refractivity contribution in [2.45, 2.75) is 36.1 Å². The molecule has 1 atom stereocenters. The second-order valence-corrected chi connectivity index (χ2v) is 11.4. The number of hydrogen-bond donors (Lipinski definition) is 1. The Labute approximate surface area is 223 Å². The molecule has 192 valence electrons. The van der Waals surface area contributed by atoms with Gasteiger partial charge in [-0.1, -0.05) is 72.8 Å². The normalized spacial score (nSPS) is 15.2. The third kappa shape index (κ3) is 5.77. The van der Waals surface area contributed by atoms with Crippen molar-refractivity contribution in [2.24, 2.45) is 0 Å². The lowest BCUT2D eigenvalue weighted by atomic mass is 9.89. The molecule has 1 amide bonds. The summed E-state index contributed by atoms with van der Waals surface area (Å²) >= 11 is 0. The van der Waals surface area contributed by atoms with Crippen LogP contribution in [-0.4, -0.2) is 38.4 Å². The van der Waals surface area contributed by atoms with Crippen molar-refractivity contribution in [3.63, 3.8) is 0 Å². The number of carbonyl (C=O) groups is 1. The molecule has 0 saturated carbocycles. The number of amides is 1. The van der Waals surface area contributed by atoms with Crippen molar-refractivity contribution >= 4 is 26.7 Å². The van der Waals surface area contributed by atoms with E-state index in [-0.39, 0.29) is 17.2 Å². The van der Waals surface area contributed by atoms with Gasteiger partial charge in [0.05, 0.1) is 16.5 Å². The third-order valence-corrected chi connectivity index (χ3v) is 8.67. The highest BCUT2D eigenvalue weighted by molar-refractivity contribution is 7.89. The Kier molecular flexibility index (Phi) is 7.54. The van der Waals surface area contributed by atoms with E-state index >= 15 is 0 Å². The van der Waals surface area contributed by atoms with E-state index in [0.29, 0.717) is 24.6 Å². The first-order valence-electron chi connectivity index (χ1n) is 12.8. The number of carbonyl (C=O) groups excluding carboxylic acids is 1. The number of benzene rings is 4. The van der Waals surface area contributed by atoms with Gasteiger partial charge in [0.25, 0.3) is 0 Å². The van der Waals surface area contributed by atoms with E-state index in [9.17, 15) is 18.5 Å². The van der Waals surface area contributed by atoms with Crippen LogP contribution in [0.15, 0.2) is 102 Å². The molecule has 1 aliphatic heterocycles. The SMILES string of the molecule is N#Cc1cccc(CC(NS(=O)(=O)c2ccc3ccccc3c2)C(=O)N2CCC(c3ccccc3)CC2)c1. The summed E-state index contributed by atoms with van der Waals surface area (Å²) in [5.41, 5.74) is 2.46. The molecule has 1 saturated heterocycles. The number of rotatable bonds is 7. The first-order valence-corrected chi connectivity index (χ1v) is 14.3. The fraction of sp³-hybridized carbons (Fsp3) is 0.226. The molecule has 5 rings (SSSR count). The Morgan fingerprint density at radius 1 is 0.895 bits per heavy atom. The predicted octanol–water partition coefficient (Wildman–Crippen LogP) is 5.01. The van der Waals surface area contributed by atoms with Gasteiger partial charge >= 0.3 is 0 Å².